The molecule has 2 aliphatic rings. The third-order valence-electron chi connectivity index (χ3n) is 7.03. The van der Waals surface area contributed by atoms with Gasteiger partial charge in [-0.05, 0) is 49.8 Å². The average molecular weight is 431 g/mol. The maximum atomic E-state index is 14.3. The lowest BCUT2D eigenvalue weighted by Gasteiger charge is -2.36. The van der Waals surface area contributed by atoms with Crippen molar-refractivity contribution in [3.8, 4) is 16.9 Å². The summed E-state index contributed by atoms with van der Waals surface area (Å²) in [7, 11) is 0. The van der Waals surface area contributed by atoms with E-state index in [9.17, 15) is 4.79 Å². The van der Waals surface area contributed by atoms with Gasteiger partial charge in [0.1, 0.15) is 0 Å². The number of benzene rings is 2. The molecule has 2 aliphatic carbocycles. The van der Waals surface area contributed by atoms with Gasteiger partial charge in [-0.3, -0.25) is 9.36 Å². The molecule has 0 N–H and O–H groups in total. The van der Waals surface area contributed by atoms with Crippen LogP contribution in [0.2, 0.25) is 0 Å². The summed E-state index contributed by atoms with van der Waals surface area (Å²) in [5.41, 5.74) is 6.57. The number of aromatic nitrogens is 2. The van der Waals surface area contributed by atoms with E-state index in [4.69, 9.17) is 4.98 Å². The second-order valence-electron chi connectivity index (χ2n) is 9.07. The zero-order valence-corrected chi connectivity index (χ0v) is 19.3. The predicted molar refractivity (Wildman–Crippen MR) is 129 cm³/mol. The van der Waals surface area contributed by atoms with Crippen molar-refractivity contribution in [1.29, 1.82) is 0 Å². The van der Waals surface area contributed by atoms with E-state index in [1.54, 1.807) is 11.8 Å². The second kappa shape index (κ2) is 8.31. The molecule has 3 aromatic rings. The quantitative estimate of drug-likeness (QED) is 0.264. The van der Waals surface area contributed by atoms with Gasteiger partial charge in [-0.25, -0.2) is 4.98 Å². The van der Waals surface area contributed by atoms with E-state index in [-0.39, 0.29) is 11.0 Å². The molecule has 0 saturated heterocycles. The molecule has 2 aromatic carbocycles. The van der Waals surface area contributed by atoms with Crippen LogP contribution in [0, 0.1) is 6.92 Å². The molecule has 1 spiro atoms. The van der Waals surface area contributed by atoms with E-state index in [1.807, 2.05) is 16.7 Å². The minimum absolute atomic E-state index is 0.0647. The maximum Gasteiger partial charge on any atom is 0.263 e. The summed E-state index contributed by atoms with van der Waals surface area (Å²) in [4.78, 5) is 19.5. The van der Waals surface area contributed by atoms with Crippen LogP contribution in [0.1, 0.15) is 62.1 Å². The highest BCUT2D eigenvalue weighted by Gasteiger charge is 2.44. The van der Waals surface area contributed by atoms with Crippen molar-refractivity contribution in [3.63, 3.8) is 0 Å². The molecule has 3 nitrogen and oxygen atoms in total. The fourth-order valence-electron chi connectivity index (χ4n) is 5.44. The Kier molecular flexibility index (Phi) is 5.51. The summed E-state index contributed by atoms with van der Waals surface area (Å²) in [6.45, 7) is 4.29. The number of fused-ring (bicyclic) bond motifs is 4. The topological polar surface area (TPSA) is 34.9 Å². The number of hydrogen-bond acceptors (Lipinski definition) is 3. The highest BCUT2D eigenvalue weighted by molar-refractivity contribution is 7.99. The molecule has 0 bridgehead atoms. The normalized spacial score (nSPS) is 16.3. The zero-order valence-electron chi connectivity index (χ0n) is 18.5. The van der Waals surface area contributed by atoms with Gasteiger partial charge < -0.3 is 0 Å². The van der Waals surface area contributed by atoms with Crippen molar-refractivity contribution in [3.05, 3.63) is 75.6 Å². The Morgan fingerprint density at radius 1 is 1.06 bits per heavy atom. The van der Waals surface area contributed by atoms with Gasteiger partial charge in [-0.1, -0.05) is 80.4 Å². The number of thioether (sulfide) groups is 1. The van der Waals surface area contributed by atoms with Gasteiger partial charge in [-0.15, -0.1) is 0 Å². The number of aryl methyl sites for hydroxylation is 1. The Balaban J connectivity index is 1.81. The van der Waals surface area contributed by atoms with E-state index in [2.05, 4.69) is 50.2 Å². The van der Waals surface area contributed by atoms with Crippen molar-refractivity contribution in [1.82, 2.24) is 9.55 Å². The van der Waals surface area contributed by atoms with Crippen LogP contribution in [0.4, 0.5) is 0 Å². The molecular formula is C27H30N2OS. The number of nitrogens with zero attached hydrogens (tertiary/aromatic N) is 2. The Morgan fingerprint density at radius 2 is 1.81 bits per heavy atom. The lowest BCUT2D eigenvalue weighted by Crippen LogP contribution is -2.40. The molecule has 0 radical (unpaired) electrons. The highest BCUT2D eigenvalue weighted by Crippen LogP contribution is 2.50. The predicted octanol–water partition coefficient (Wildman–Crippen LogP) is 6.47. The largest absolute Gasteiger partial charge is 0.268 e. The molecule has 160 valence electrons. The van der Waals surface area contributed by atoms with Crippen molar-refractivity contribution in [2.24, 2.45) is 0 Å². The molecule has 0 unspecified atom stereocenters. The molecule has 1 fully saturated rings. The first kappa shape index (κ1) is 20.6. The van der Waals surface area contributed by atoms with Crippen molar-refractivity contribution in [2.45, 2.75) is 69.4 Å². The van der Waals surface area contributed by atoms with Crippen LogP contribution in [-0.2, 0) is 11.8 Å². The third kappa shape index (κ3) is 3.45. The summed E-state index contributed by atoms with van der Waals surface area (Å²) < 4.78 is 1.92. The van der Waals surface area contributed by atoms with Gasteiger partial charge in [0.2, 0.25) is 0 Å². The van der Waals surface area contributed by atoms with Gasteiger partial charge in [0, 0.05) is 16.7 Å². The molecule has 1 heterocycles. The summed E-state index contributed by atoms with van der Waals surface area (Å²) in [6.07, 6.45) is 7.77. The monoisotopic (exact) mass is 430 g/mol. The Labute approximate surface area is 188 Å². The van der Waals surface area contributed by atoms with E-state index in [0.29, 0.717) is 0 Å². The van der Waals surface area contributed by atoms with Crippen molar-refractivity contribution >= 4 is 11.8 Å². The van der Waals surface area contributed by atoms with E-state index in [1.165, 1.54) is 18.4 Å². The number of hydrogen-bond donors (Lipinski definition) is 0. The van der Waals surface area contributed by atoms with Crippen LogP contribution in [-0.4, -0.2) is 15.3 Å². The molecule has 1 saturated carbocycles. The van der Waals surface area contributed by atoms with Crippen LogP contribution in [0.5, 0.6) is 0 Å². The van der Waals surface area contributed by atoms with E-state index in [0.717, 1.165) is 71.1 Å². The molecule has 5 rings (SSSR count). The maximum absolute atomic E-state index is 14.3. The first-order valence-electron chi connectivity index (χ1n) is 11.6. The SMILES string of the molecule is CCCCSc1nc2c(c(=O)n1-c1ccccc1C)C1(CCCC1)Cc1ccccc1-2. The first-order chi connectivity index (χ1) is 15.1. The van der Waals surface area contributed by atoms with Crippen LogP contribution in [0.15, 0.2) is 58.5 Å². The molecule has 4 heteroatoms. The second-order valence-corrected chi connectivity index (χ2v) is 10.1. The van der Waals surface area contributed by atoms with Gasteiger partial charge in [0.15, 0.2) is 5.16 Å². The third-order valence-corrected chi connectivity index (χ3v) is 8.06. The van der Waals surface area contributed by atoms with Crippen LogP contribution >= 0.6 is 11.8 Å². The highest BCUT2D eigenvalue weighted by atomic mass is 32.2. The van der Waals surface area contributed by atoms with Crippen LogP contribution in [0.3, 0.4) is 0 Å². The minimum atomic E-state index is -0.0647. The Bertz CT molecular complexity index is 1170. The molecule has 0 atom stereocenters. The van der Waals surface area contributed by atoms with Crippen LogP contribution in [0.25, 0.3) is 16.9 Å². The van der Waals surface area contributed by atoms with E-state index < -0.39 is 0 Å². The first-order valence-corrected chi connectivity index (χ1v) is 12.6. The molecule has 0 amide bonds. The molecule has 31 heavy (non-hydrogen) atoms. The zero-order chi connectivity index (χ0) is 21.4. The van der Waals surface area contributed by atoms with Gasteiger partial charge in [-0.2, -0.15) is 0 Å². The van der Waals surface area contributed by atoms with Crippen molar-refractivity contribution in [2.75, 3.05) is 5.75 Å². The summed E-state index contributed by atoms with van der Waals surface area (Å²) in [5, 5.41) is 0.830. The van der Waals surface area contributed by atoms with Gasteiger partial charge >= 0.3 is 0 Å². The summed E-state index contributed by atoms with van der Waals surface area (Å²) >= 11 is 1.72. The van der Waals surface area contributed by atoms with Gasteiger partial charge in [0.05, 0.1) is 16.9 Å². The Hall–Kier alpha value is -2.33. The molecular weight excluding hydrogens is 400 g/mol. The number of unbranched alkanes of at least 4 members (excludes halogenated alkanes) is 1. The van der Waals surface area contributed by atoms with E-state index >= 15 is 0 Å². The fraction of sp³-hybridized carbons (Fsp3) is 0.407. The fourth-order valence-corrected chi connectivity index (χ4v) is 6.52. The van der Waals surface area contributed by atoms with Crippen molar-refractivity contribution < 1.29 is 0 Å². The number of rotatable bonds is 5. The number of para-hydroxylation sites is 1. The van der Waals surface area contributed by atoms with Gasteiger partial charge in [0.25, 0.3) is 5.56 Å². The summed E-state index contributed by atoms with van der Waals surface area (Å²) in [5.74, 6) is 0.973. The smallest absolute Gasteiger partial charge is 0.263 e. The standard InChI is InChI=1S/C27H30N2OS/c1-3-4-17-31-26-28-24-21-13-7-6-12-20(21)18-27(15-9-10-16-27)23(24)25(30)29(26)22-14-8-5-11-19(22)2/h5-8,11-14H,3-4,9-10,15-18H2,1-2H3. The Morgan fingerprint density at radius 3 is 2.58 bits per heavy atom. The summed E-state index contributed by atoms with van der Waals surface area (Å²) in [6, 6.07) is 16.8. The average Bonchev–Trinajstić information content (AvgIpc) is 3.23. The van der Waals surface area contributed by atoms with Crippen LogP contribution < -0.4 is 5.56 Å². The lowest BCUT2D eigenvalue weighted by atomic mass is 9.68. The molecule has 1 aromatic heterocycles. The lowest BCUT2D eigenvalue weighted by molar-refractivity contribution is 0.422. The minimum Gasteiger partial charge on any atom is -0.268 e. The molecule has 0 aliphatic heterocycles.